The van der Waals surface area contributed by atoms with E-state index in [1.54, 1.807) is 24.4 Å². The number of halogens is 1. The predicted octanol–water partition coefficient (Wildman–Crippen LogP) is 3.08. The van der Waals surface area contributed by atoms with E-state index in [1.807, 2.05) is 18.2 Å². The third kappa shape index (κ3) is 3.30. The van der Waals surface area contributed by atoms with Gasteiger partial charge in [0.25, 0.3) is 0 Å². The van der Waals surface area contributed by atoms with Gasteiger partial charge in [0.2, 0.25) is 0 Å². The molecule has 0 amide bonds. The van der Waals surface area contributed by atoms with Crippen molar-refractivity contribution in [1.82, 2.24) is 15.0 Å². The van der Waals surface area contributed by atoms with Crippen molar-refractivity contribution >= 4 is 5.82 Å². The van der Waals surface area contributed by atoms with Gasteiger partial charge in [0.15, 0.2) is 11.5 Å². The minimum atomic E-state index is -0.448. The molecule has 0 unspecified atom stereocenters. The van der Waals surface area contributed by atoms with Crippen LogP contribution in [0.3, 0.4) is 0 Å². The van der Waals surface area contributed by atoms with E-state index in [0.717, 1.165) is 0 Å². The molecule has 0 saturated heterocycles. The van der Waals surface area contributed by atoms with Gasteiger partial charge in [-0.05, 0) is 29.8 Å². The number of anilines is 1. The first-order valence-electron chi connectivity index (χ1n) is 6.92. The van der Waals surface area contributed by atoms with Crippen LogP contribution in [0.2, 0.25) is 0 Å². The lowest BCUT2D eigenvalue weighted by Gasteiger charge is -2.19. The van der Waals surface area contributed by atoms with Crippen LogP contribution in [0.25, 0.3) is 0 Å². The molecule has 2 aromatic heterocycles. The van der Waals surface area contributed by atoms with Gasteiger partial charge in [0.1, 0.15) is 11.9 Å². The summed E-state index contributed by atoms with van der Waals surface area (Å²) in [5.41, 5.74) is 1.54. The van der Waals surface area contributed by atoms with Crippen LogP contribution in [-0.4, -0.2) is 15.0 Å². The second kappa shape index (κ2) is 6.62. The van der Waals surface area contributed by atoms with E-state index in [2.05, 4.69) is 20.3 Å². The van der Waals surface area contributed by atoms with E-state index in [4.69, 9.17) is 5.26 Å². The zero-order valence-corrected chi connectivity index (χ0v) is 12.0. The molecule has 0 aliphatic carbocycles. The second-order valence-corrected chi connectivity index (χ2v) is 4.75. The van der Waals surface area contributed by atoms with Gasteiger partial charge >= 0.3 is 0 Å². The molecule has 2 heterocycles. The number of nitriles is 1. The van der Waals surface area contributed by atoms with E-state index < -0.39 is 6.04 Å². The van der Waals surface area contributed by atoms with Crippen molar-refractivity contribution in [2.24, 2.45) is 0 Å². The van der Waals surface area contributed by atoms with Crippen molar-refractivity contribution in [3.63, 3.8) is 0 Å². The average Bonchev–Trinajstić information content (AvgIpc) is 2.60. The first-order valence-corrected chi connectivity index (χ1v) is 6.92. The van der Waals surface area contributed by atoms with Crippen molar-refractivity contribution < 1.29 is 4.39 Å². The summed E-state index contributed by atoms with van der Waals surface area (Å²) in [5, 5.41) is 12.3. The van der Waals surface area contributed by atoms with Crippen molar-refractivity contribution in [3.8, 4) is 6.07 Å². The van der Waals surface area contributed by atoms with Crippen LogP contribution in [0.4, 0.5) is 10.2 Å². The number of hydrogen-bond acceptors (Lipinski definition) is 5. The highest BCUT2D eigenvalue weighted by atomic mass is 19.1. The fourth-order valence-electron chi connectivity index (χ4n) is 2.22. The molecule has 0 radical (unpaired) electrons. The minimum absolute atomic E-state index is 0.171. The molecule has 0 saturated carbocycles. The number of rotatable bonds is 4. The first-order chi connectivity index (χ1) is 11.3. The van der Waals surface area contributed by atoms with Gasteiger partial charge in [-0.15, -0.1) is 0 Å². The lowest BCUT2D eigenvalue weighted by Crippen LogP contribution is -2.16. The molecule has 0 aliphatic heterocycles. The first kappa shape index (κ1) is 14.6. The van der Waals surface area contributed by atoms with E-state index >= 15 is 0 Å². The molecule has 0 aliphatic rings. The van der Waals surface area contributed by atoms with Gasteiger partial charge in [0.05, 0.1) is 11.7 Å². The molecule has 6 heteroatoms. The van der Waals surface area contributed by atoms with Gasteiger partial charge in [0, 0.05) is 18.6 Å². The molecule has 0 fully saturated rings. The highest BCUT2D eigenvalue weighted by molar-refractivity contribution is 5.50. The third-order valence-electron chi connectivity index (χ3n) is 3.25. The van der Waals surface area contributed by atoms with Crippen molar-refractivity contribution in [1.29, 1.82) is 5.26 Å². The summed E-state index contributed by atoms with van der Waals surface area (Å²) in [6, 6.07) is 13.2. The Morgan fingerprint density at radius 2 is 1.87 bits per heavy atom. The van der Waals surface area contributed by atoms with Crippen LogP contribution in [0.15, 0.2) is 61.1 Å². The van der Waals surface area contributed by atoms with Crippen LogP contribution in [0, 0.1) is 17.1 Å². The summed E-state index contributed by atoms with van der Waals surface area (Å²) in [6.07, 6.45) is 4.59. The Balaban J connectivity index is 2.04. The number of nitrogens with one attached hydrogen (secondary N) is 1. The fourth-order valence-corrected chi connectivity index (χ4v) is 2.22. The van der Waals surface area contributed by atoms with E-state index in [9.17, 15) is 4.39 Å². The fraction of sp³-hybridized carbons (Fsp3) is 0.0588. The molecule has 23 heavy (non-hydrogen) atoms. The standard InChI is InChI=1S/C17H12FN5/c18-13-5-3-4-12(10-13)16(14-6-1-2-7-20-14)23-17-15(11-19)21-8-9-22-17/h1-10,16H,(H,22,23)/t16-/m1/s1. The molecule has 1 aromatic carbocycles. The Hall–Kier alpha value is -3.33. The van der Waals surface area contributed by atoms with E-state index in [-0.39, 0.29) is 11.5 Å². The van der Waals surface area contributed by atoms with E-state index in [0.29, 0.717) is 17.1 Å². The normalized spacial score (nSPS) is 11.5. The smallest absolute Gasteiger partial charge is 0.183 e. The van der Waals surface area contributed by atoms with Gasteiger partial charge in [-0.1, -0.05) is 18.2 Å². The highest BCUT2D eigenvalue weighted by Crippen LogP contribution is 2.25. The summed E-state index contributed by atoms with van der Waals surface area (Å²) < 4.78 is 13.6. The number of nitrogens with zero attached hydrogens (tertiary/aromatic N) is 4. The van der Waals surface area contributed by atoms with Crippen molar-refractivity contribution in [3.05, 3.63) is 83.8 Å². The maximum Gasteiger partial charge on any atom is 0.183 e. The van der Waals surface area contributed by atoms with Crippen LogP contribution >= 0.6 is 0 Å². The molecular weight excluding hydrogens is 293 g/mol. The molecule has 1 atom stereocenters. The molecule has 3 aromatic rings. The molecule has 3 rings (SSSR count). The summed E-state index contributed by atoms with van der Waals surface area (Å²) in [6.45, 7) is 0. The zero-order chi connectivity index (χ0) is 16.1. The minimum Gasteiger partial charge on any atom is -0.355 e. The zero-order valence-electron chi connectivity index (χ0n) is 12.0. The summed E-state index contributed by atoms with van der Waals surface area (Å²) in [5.74, 6) is -0.0141. The average molecular weight is 305 g/mol. The largest absolute Gasteiger partial charge is 0.355 e. The number of pyridine rings is 1. The quantitative estimate of drug-likeness (QED) is 0.801. The Bertz CT molecular complexity index is 845. The lowest BCUT2D eigenvalue weighted by molar-refractivity contribution is 0.624. The molecule has 0 bridgehead atoms. The molecule has 1 N–H and O–H groups in total. The summed E-state index contributed by atoms with van der Waals surface area (Å²) in [4.78, 5) is 12.4. The maximum absolute atomic E-state index is 13.6. The molecule has 112 valence electrons. The van der Waals surface area contributed by atoms with Gasteiger partial charge < -0.3 is 5.32 Å². The number of aromatic nitrogens is 3. The maximum atomic E-state index is 13.6. The highest BCUT2D eigenvalue weighted by Gasteiger charge is 2.18. The molecule has 5 nitrogen and oxygen atoms in total. The lowest BCUT2D eigenvalue weighted by atomic mass is 10.0. The Morgan fingerprint density at radius 3 is 2.61 bits per heavy atom. The van der Waals surface area contributed by atoms with Gasteiger partial charge in [-0.3, -0.25) is 4.98 Å². The van der Waals surface area contributed by atoms with Crippen LogP contribution in [-0.2, 0) is 0 Å². The Labute approximate surface area is 132 Å². The van der Waals surface area contributed by atoms with E-state index in [1.165, 1.54) is 24.5 Å². The van der Waals surface area contributed by atoms with Crippen LogP contribution in [0.5, 0.6) is 0 Å². The Kier molecular flexibility index (Phi) is 4.20. The third-order valence-corrected chi connectivity index (χ3v) is 3.25. The Morgan fingerprint density at radius 1 is 1.00 bits per heavy atom. The van der Waals surface area contributed by atoms with Gasteiger partial charge in [-0.25, -0.2) is 14.4 Å². The number of hydrogen-bond donors (Lipinski definition) is 1. The SMILES string of the molecule is N#Cc1nccnc1N[C@H](c1cccc(F)c1)c1ccccn1. The van der Waals surface area contributed by atoms with Crippen LogP contribution < -0.4 is 5.32 Å². The van der Waals surface area contributed by atoms with Crippen molar-refractivity contribution in [2.45, 2.75) is 6.04 Å². The van der Waals surface area contributed by atoms with Crippen molar-refractivity contribution in [2.75, 3.05) is 5.32 Å². The number of benzene rings is 1. The summed E-state index contributed by atoms with van der Waals surface area (Å²) >= 11 is 0. The van der Waals surface area contributed by atoms with Gasteiger partial charge in [-0.2, -0.15) is 5.26 Å². The molecular formula is C17H12FN5. The summed E-state index contributed by atoms with van der Waals surface area (Å²) in [7, 11) is 0. The monoisotopic (exact) mass is 305 g/mol. The molecule has 0 spiro atoms. The predicted molar refractivity (Wildman–Crippen MR) is 82.8 cm³/mol. The second-order valence-electron chi connectivity index (χ2n) is 4.75. The van der Waals surface area contributed by atoms with Crippen LogP contribution in [0.1, 0.15) is 23.0 Å². The topological polar surface area (TPSA) is 74.5 Å².